The van der Waals surface area contributed by atoms with Crippen LogP contribution in [0.25, 0.3) is 0 Å². The van der Waals surface area contributed by atoms with Crippen molar-refractivity contribution in [3.8, 4) is 0 Å². The molecule has 0 amide bonds. The molecule has 2 N–H and O–H groups in total. The molecular formula is H2AlO4SZn+5. The third kappa shape index (κ3) is 169. The summed E-state index contributed by atoms with van der Waals surface area (Å²) in [4.78, 5) is 0. The Hall–Kier alpha value is 1.03. The van der Waals surface area contributed by atoms with Crippen molar-refractivity contribution in [1.29, 1.82) is 0 Å². The third-order valence-electron chi connectivity index (χ3n) is 0. The maximum Gasteiger partial charge on any atom is 3.00 e. The molecule has 0 atom stereocenters. The van der Waals surface area contributed by atoms with Gasteiger partial charge in [0.1, 0.15) is 0 Å². The zero-order chi connectivity index (χ0) is 4.50. The maximum atomic E-state index is 8.74. The van der Waals surface area contributed by atoms with Crippen LogP contribution in [0.15, 0.2) is 0 Å². The molecule has 0 aliphatic heterocycles. The van der Waals surface area contributed by atoms with E-state index in [-0.39, 0.29) is 36.8 Å². The van der Waals surface area contributed by atoms with Gasteiger partial charge in [-0.1, -0.05) is 0 Å². The molecule has 0 rings (SSSR count). The first-order chi connectivity index (χ1) is 2.00. The second-order valence-corrected chi connectivity index (χ2v) is 1.34. The van der Waals surface area contributed by atoms with Crippen LogP contribution in [0, 0.1) is 0 Å². The summed E-state index contributed by atoms with van der Waals surface area (Å²) < 4.78 is 31.6. The van der Waals surface area contributed by atoms with E-state index >= 15 is 0 Å². The van der Waals surface area contributed by atoms with Crippen molar-refractivity contribution in [2.75, 3.05) is 0 Å². The molecule has 0 aliphatic rings. The predicted octanol–water partition coefficient (Wildman–Crippen LogP) is -1.04. The Morgan fingerprint density at radius 3 is 1.14 bits per heavy atom. The maximum absolute atomic E-state index is 8.74. The van der Waals surface area contributed by atoms with Gasteiger partial charge in [0.05, 0.1) is 0 Å². The van der Waals surface area contributed by atoms with Gasteiger partial charge in [-0.25, -0.2) is 0 Å². The van der Waals surface area contributed by atoms with Crippen molar-refractivity contribution in [3.63, 3.8) is 0 Å². The molecule has 0 aromatic rings. The van der Waals surface area contributed by atoms with E-state index in [1.807, 2.05) is 0 Å². The molecule has 0 fully saturated rings. The van der Waals surface area contributed by atoms with Crippen LogP contribution in [0.4, 0.5) is 0 Å². The minimum Gasteiger partial charge on any atom is -0.264 e. The van der Waals surface area contributed by atoms with E-state index < -0.39 is 10.4 Å². The molecule has 0 saturated heterocycles. The SMILES string of the molecule is O=S(=O)(O)O.[Al+3].[Zn+2]. The molecule has 0 aromatic heterocycles. The van der Waals surface area contributed by atoms with Gasteiger partial charge in [-0.2, -0.15) is 8.42 Å². The molecule has 0 radical (unpaired) electrons. The smallest absolute Gasteiger partial charge is 0.264 e. The average molecular weight is 190 g/mol. The van der Waals surface area contributed by atoms with E-state index in [0.29, 0.717) is 0 Å². The standard InChI is InChI=1S/Al.H2O4S.Zn/c;1-5(2,3)4;/h;(H2,1,2,3,4);/q+3;;+2. The normalized spacial score (nSPS) is 8.29. The van der Waals surface area contributed by atoms with E-state index in [9.17, 15) is 0 Å². The molecule has 4 nitrogen and oxygen atoms in total. The Kier molecular flexibility index (Phi) is 11.6. The minimum absolute atomic E-state index is 0. The Bertz CT molecular complexity index is 94.9. The van der Waals surface area contributed by atoms with Gasteiger partial charge in [-0.3, -0.25) is 9.11 Å². The summed E-state index contributed by atoms with van der Waals surface area (Å²) in [6, 6.07) is 0. The third-order valence-corrected chi connectivity index (χ3v) is 0. The molecule has 0 heterocycles. The van der Waals surface area contributed by atoms with Crippen LogP contribution in [0.3, 0.4) is 0 Å². The fourth-order valence-corrected chi connectivity index (χ4v) is 0. The van der Waals surface area contributed by atoms with Crippen LogP contribution < -0.4 is 0 Å². The van der Waals surface area contributed by atoms with E-state index in [1.165, 1.54) is 0 Å². The zero-order valence-corrected chi connectivity index (χ0v) is 8.34. The van der Waals surface area contributed by atoms with E-state index in [4.69, 9.17) is 17.5 Å². The summed E-state index contributed by atoms with van der Waals surface area (Å²) >= 11 is 0. The molecule has 0 aromatic carbocycles. The first kappa shape index (κ1) is 15.7. The molecule has 0 aliphatic carbocycles. The fraction of sp³-hybridized carbons (Fsp3) is 0. The van der Waals surface area contributed by atoms with Crippen molar-refractivity contribution in [2.24, 2.45) is 0 Å². The quantitative estimate of drug-likeness (QED) is 0.378. The Labute approximate surface area is 64.8 Å². The van der Waals surface area contributed by atoms with Crippen molar-refractivity contribution in [2.45, 2.75) is 0 Å². The van der Waals surface area contributed by atoms with Gasteiger partial charge in [-0.05, 0) is 0 Å². The predicted molar refractivity (Wildman–Crippen MR) is 19.9 cm³/mol. The number of rotatable bonds is 0. The Morgan fingerprint density at radius 2 is 1.14 bits per heavy atom. The molecule has 0 saturated carbocycles. The van der Waals surface area contributed by atoms with Gasteiger partial charge in [0.15, 0.2) is 0 Å². The second kappa shape index (κ2) is 5.17. The van der Waals surface area contributed by atoms with Gasteiger partial charge < -0.3 is 0 Å². The molecular weight excluding hydrogens is 188 g/mol. The van der Waals surface area contributed by atoms with Gasteiger partial charge in [-0.15, -0.1) is 0 Å². The number of hydrogen-bond acceptors (Lipinski definition) is 2. The summed E-state index contributed by atoms with van der Waals surface area (Å²) in [6.45, 7) is 0. The largest absolute Gasteiger partial charge is 3.00 e. The van der Waals surface area contributed by atoms with E-state index in [2.05, 4.69) is 0 Å². The minimum atomic E-state index is -4.67. The summed E-state index contributed by atoms with van der Waals surface area (Å²) in [5.74, 6) is 0. The monoisotopic (exact) mass is 189 g/mol. The van der Waals surface area contributed by atoms with Gasteiger partial charge in [0, 0.05) is 0 Å². The summed E-state index contributed by atoms with van der Waals surface area (Å²) in [5.41, 5.74) is 0. The Morgan fingerprint density at radius 1 is 1.14 bits per heavy atom. The molecule has 32 valence electrons. The molecule has 0 spiro atoms. The number of hydrogen-bond donors (Lipinski definition) is 2. The van der Waals surface area contributed by atoms with Crippen LogP contribution in [0.5, 0.6) is 0 Å². The van der Waals surface area contributed by atoms with E-state index in [0.717, 1.165) is 0 Å². The van der Waals surface area contributed by atoms with Crippen LogP contribution >= 0.6 is 0 Å². The topological polar surface area (TPSA) is 74.6 Å². The first-order valence-electron chi connectivity index (χ1n) is 0.698. The molecule has 7 heavy (non-hydrogen) atoms. The van der Waals surface area contributed by atoms with Gasteiger partial charge in [0.2, 0.25) is 0 Å². The summed E-state index contributed by atoms with van der Waals surface area (Å²) in [6.07, 6.45) is 0. The average Bonchev–Trinajstić information content (AvgIpc) is 0.722. The molecule has 7 heteroatoms. The van der Waals surface area contributed by atoms with Crippen LogP contribution in [0.2, 0.25) is 0 Å². The van der Waals surface area contributed by atoms with Crippen LogP contribution in [0.1, 0.15) is 0 Å². The van der Waals surface area contributed by atoms with Crippen LogP contribution in [-0.4, -0.2) is 34.9 Å². The van der Waals surface area contributed by atoms with Crippen molar-refractivity contribution in [1.82, 2.24) is 0 Å². The van der Waals surface area contributed by atoms with E-state index in [1.54, 1.807) is 0 Å². The van der Waals surface area contributed by atoms with Gasteiger partial charge >= 0.3 is 47.2 Å². The fourth-order valence-electron chi connectivity index (χ4n) is 0. The first-order valence-corrected chi connectivity index (χ1v) is 2.10. The van der Waals surface area contributed by atoms with Gasteiger partial charge in [0.25, 0.3) is 0 Å². The summed E-state index contributed by atoms with van der Waals surface area (Å²) in [5, 5.41) is 0. The summed E-state index contributed by atoms with van der Waals surface area (Å²) in [7, 11) is -4.67. The van der Waals surface area contributed by atoms with Crippen LogP contribution in [-0.2, 0) is 29.9 Å². The van der Waals surface area contributed by atoms with Crippen molar-refractivity contribution >= 4 is 27.8 Å². The Balaban J connectivity index is -0.0000000800. The van der Waals surface area contributed by atoms with Crippen molar-refractivity contribution in [3.05, 3.63) is 0 Å². The zero-order valence-electron chi connectivity index (χ0n) is 3.40. The molecule has 0 bridgehead atoms. The second-order valence-electron chi connectivity index (χ2n) is 0.448. The van der Waals surface area contributed by atoms with Crippen molar-refractivity contribution < 1.29 is 37.0 Å². The molecule has 0 unspecified atom stereocenters.